The van der Waals surface area contributed by atoms with Crippen molar-refractivity contribution in [2.75, 3.05) is 13.7 Å². The number of aromatic amines is 1. The van der Waals surface area contributed by atoms with Crippen molar-refractivity contribution in [3.63, 3.8) is 0 Å². The zero-order chi connectivity index (χ0) is 17.4. The fraction of sp³-hybridized carbons (Fsp3) is 0.500. The first-order valence-electron chi connectivity index (χ1n) is 9.11. The minimum atomic E-state index is -0.338. The van der Waals surface area contributed by atoms with Crippen LogP contribution in [0.2, 0.25) is 0 Å². The Morgan fingerprint density at radius 2 is 2.04 bits per heavy atom. The summed E-state index contributed by atoms with van der Waals surface area (Å²) in [5, 5.41) is 7.30. The molecule has 2 fully saturated rings. The van der Waals surface area contributed by atoms with Crippen LogP contribution in [0.3, 0.4) is 0 Å². The first-order valence-corrected chi connectivity index (χ1v) is 9.11. The molecule has 2 heterocycles. The maximum Gasteiger partial charge on any atom is 0.233 e. The van der Waals surface area contributed by atoms with E-state index in [2.05, 4.69) is 22.0 Å². The Kier molecular flexibility index (Phi) is 4.02. The second kappa shape index (κ2) is 6.21. The number of nitrogens with zero attached hydrogens (tertiary/aromatic N) is 2. The van der Waals surface area contributed by atoms with E-state index in [1.54, 1.807) is 7.11 Å². The number of ether oxygens (including phenoxy) is 1. The zero-order valence-electron chi connectivity index (χ0n) is 14.9. The Balaban J connectivity index is 1.62. The van der Waals surface area contributed by atoms with Crippen LogP contribution in [0.25, 0.3) is 0 Å². The number of carbonyl (C=O) groups is 1. The van der Waals surface area contributed by atoms with Gasteiger partial charge in [-0.15, -0.1) is 0 Å². The van der Waals surface area contributed by atoms with Gasteiger partial charge in [0, 0.05) is 6.54 Å². The summed E-state index contributed by atoms with van der Waals surface area (Å²) in [5.41, 5.74) is 3.01. The number of hydrogen-bond donors (Lipinski definition) is 1. The lowest BCUT2D eigenvalue weighted by molar-refractivity contribution is -0.138. The van der Waals surface area contributed by atoms with Gasteiger partial charge in [0.1, 0.15) is 5.75 Å². The molecular weight excluding hydrogens is 314 g/mol. The summed E-state index contributed by atoms with van der Waals surface area (Å²) in [6, 6.07) is 8.12. The Morgan fingerprint density at radius 1 is 1.28 bits per heavy atom. The second-order valence-corrected chi connectivity index (χ2v) is 7.29. The molecule has 5 nitrogen and oxygen atoms in total. The van der Waals surface area contributed by atoms with Crippen molar-refractivity contribution in [1.82, 2.24) is 15.1 Å². The van der Waals surface area contributed by atoms with E-state index < -0.39 is 0 Å². The van der Waals surface area contributed by atoms with Crippen LogP contribution < -0.4 is 4.74 Å². The lowest BCUT2D eigenvalue weighted by Crippen LogP contribution is -2.44. The van der Waals surface area contributed by atoms with E-state index in [4.69, 9.17) is 4.74 Å². The molecule has 1 aliphatic carbocycles. The van der Waals surface area contributed by atoms with Gasteiger partial charge in [0.15, 0.2) is 0 Å². The molecule has 1 atom stereocenters. The average molecular weight is 339 g/mol. The maximum atomic E-state index is 13.5. The molecule has 4 rings (SSSR count). The number of likely N-dealkylation sites (tertiary alicyclic amines) is 1. The third-order valence-electron chi connectivity index (χ3n) is 5.77. The minimum absolute atomic E-state index is 0.125. The van der Waals surface area contributed by atoms with Crippen molar-refractivity contribution in [3.05, 3.63) is 47.3 Å². The predicted octanol–water partition coefficient (Wildman–Crippen LogP) is 3.51. The molecule has 0 radical (unpaired) electrons. The number of H-pyrrole nitrogens is 1. The van der Waals surface area contributed by atoms with Crippen LogP contribution in [0.5, 0.6) is 5.75 Å². The first-order chi connectivity index (χ1) is 12.2. The molecule has 0 bridgehead atoms. The van der Waals surface area contributed by atoms with E-state index >= 15 is 0 Å². The average Bonchev–Trinajstić information content (AvgIpc) is 3.36. The summed E-state index contributed by atoms with van der Waals surface area (Å²) in [7, 11) is 1.66. The largest absolute Gasteiger partial charge is 0.497 e. The molecule has 5 heteroatoms. The minimum Gasteiger partial charge on any atom is -0.497 e. The van der Waals surface area contributed by atoms with Gasteiger partial charge in [-0.3, -0.25) is 9.89 Å². The molecule has 132 valence electrons. The molecule has 1 aliphatic heterocycles. The summed E-state index contributed by atoms with van der Waals surface area (Å²) < 4.78 is 5.25. The first kappa shape index (κ1) is 16.2. The molecule has 1 aromatic carbocycles. The number of amides is 1. The van der Waals surface area contributed by atoms with Crippen LogP contribution in [0.15, 0.2) is 30.5 Å². The third kappa shape index (κ3) is 2.71. The number of benzene rings is 1. The van der Waals surface area contributed by atoms with Gasteiger partial charge < -0.3 is 9.64 Å². The quantitative estimate of drug-likeness (QED) is 0.927. The van der Waals surface area contributed by atoms with Crippen molar-refractivity contribution in [2.24, 2.45) is 0 Å². The number of rotatable bonds is 4. The third-order valence-corrected chi connectivity index (χ3v) is 5.77. The van der Waals surface area contributed by atoms with Gasteiger partial charge in [-0.1, -0.05) is 12.1 Å². The number of methoxy groups -OCH3 is 1. The van der Waals surface area contributed by atoms with Crippen molar-refractivity contribution in [3.8, 4) is 5.75 Å². The van der Waals surface area contributed by atoms with Gasteiger partial charge in [-0.2, -0.15) is 5.10 Å². The number of piperidine rings is 1. The van der Waals surface area contributed by atoms with Crippen LogP contribution in [0.1, 0.15) is 55.0 Å². The normalized spacial score (nSPS) is 21.8. The molecule has 1 N–H and O–H groups in total. The number of hydrogen-bond acceptors (Lipinski definition) is 3. The monoisotopic (exact) mass is 339 g/mol. The highest BCUT2D eigenvalue weighted by Gasteiger charge is 2.54. The SMILES string of the molecule is COc1ccc(C2(C(=O)N3CCCCC3c3[nH]ncc3C)CC2)cc1. The van der Waals surface area contributed by atoms with E-state index in [0.29, 0.717) is 0 Å². The number of aryl methyl sites for hydroxylation is 1. The lowest BCUT2D eigenvalue weighted by atomic mass is 9.90. The number of carbonyl (C=O) groups excluding carboxylic acids is 1. The molecule has 1 unspecified atom stereocenters. The molecule has 0 spiro atoms. The predicted molar refractivity (Wildman–Crippen MR) is 95.5 cm³/mol. The Bertz CT molecular complexity index is 762. The van der Waals surface area contributed by atoms with E-state index in [1.165, 1.54) is 0 Å². The van der Waals surface area contributed by atoms with E-state index in [-0.39, 0.29) is 17.4 Å². The van der Waals surface area contributed by atoms with Gasteiger partial charge in [0.05, 0.1) is 30.5 Å². The topological polar surface area (TPSA) is 58.2 Å². The molecule has 1 saturated carbocycles. The Labute approximate surface area is 148 Å². The van der Waals surface area contributed by atoms with Gasteiger partial charge in [0.25, 0.3) is 0 Å². The number of nitrogens with one attached hydrogen (secondary N) is 1. The van der Waals surface area contributed by atoms with Crippen LogP contribution in [-0.2, 0) is 10.2 Å². The Morgan fingerprint density at radius 3 is 2.64 bits per heavy atom. The van der Waals surface area contributed by atoms with E-state index in [1.807, 2.05) is 30.5 Å². The van der Waals surface area contributed by atoms with Crippen LogP contribution in [0.4, 0.5) is 0 Å². The highest BCUT2D eigenvalue weighted by molar-refractivity contribution is 5.91. The summed E-state index contributed by atoms with van der Waals surface area (Å²) in [6.45, 7) is 2.90. The molecule has 1 saturated heterocycles. The van der Waals surface area contributed by atoms with Crippen molar-refractivity contribution in [2.45, 2.75) is 50.5 Å². The molecule has 2 aliphatic rings. The molecular formula is C20H25N3O2. The fourth-order valence-electron chi connectivity index (χ4n) is 4.10. The highest BCUT2D eigenvalue weighted by atomic mass is 16.5. The maximum absolute atomic E-state index is 13.5. The zero-order valence-corrected chi connectivity index (χ0v) is 14.9. The smallest absolute Gasteiger partial charge is 0.233 e. The van der Waals surface area contributed by atoms with Crippen LogP contribution >= 0.6 is 0 Å². The van der Waals surface area contributed by atoms with Crippen molar-refractivity contribution in [1.29, 1.82) is 0 Å². The van der Waals surface area contributed by atoms with Crippen molar-refractivity contribution < 1.29 is 9.53 Å². The second-order valence-electron chi connectivity index (χ2n) is 7.29. The Hall–Kier alpha value is -2.30. The van der Waals surface area contributed by atoms with E-state index in [0.717, 1.165) is 61.2 Å². The number of aromatic nitrogens is 2. The van der Waals surface area contributed by atoms with Gasteiger partial charge in [-0.05, 0) is 62.3 Å². The highest BCUT2D eigenvalue weighted by Crippen LogP contribution is 2.51. The summed E-state index contributed by atoms with van der Waals surface area (Å²) in [5.74, 6) is 1.10. The van der Waals surface area contributed by atoms with Crippen LogP contribution in [-0.4, -0.2) is 34.7 Å². The summed E-state index contributed by atoms with van der Waals surface area (Å²) >= 11 is 0. The van der Waals surface area contributed by atoms with Gasteiger partial charge in [-0.25, -0.2) is 0 Å². The molecule has 1 amide bonds. The molecule has 2 aromatic rings. The lowest BCUT2D eigenvalue weighted by Gasteiger charge is -2.38. The molecule has 1 aromatic heterocycles. The standard InChI is InChI=1S/C20H25N3O2/c1-14-13-21-22-18(14)17-5-3-4-12-23(17)19(24)20(10-11-20)15-6-8-16(25-2)9-7-15/h6-9,13,17H,3-5,10-12H2,1-2H3,(H,21,22). The fourth-order valence-corrected chi connectivity index (χ4v) is 4.10. The molecule has 25 heavy (non-hydrogen) atoms. The van der Waals surface area contributed by atoms with Crippen molar-refractivity contribution >= 4 is 5.91 Å². The van der Waals surface area contributed by atoms with Gasteiger partial charge in [0.2, 0.25) is 5.91 Å². The van der Waals surface area contributed by atoms with Gasteiger partial charge >= 0.3 is 0 Å². The summed E-state index contributed by atoms with van der Waals surface area (Å²) in [4.78, 5) is 15.6. The van der Waals surface area contributed by atoms with E-state index in [9.17, 15) is 4.79 Å². The van der Waals surface area contributed by atoms with Crippen LogP contribution in [0, 0.1) is 6.92 Å². The summed E-state index contributed by atoms with van der Waals surface area (Å²) in [6.07, 6.45) is 6.96.